The van der Waals surface area contributed by atoms with Crippen molar-refractivity contribution in [3.05, 3.63) is 35.2 Å². The number of nitriles is 1. The van der Waals surface area contributed by atoms with Gasteiger partial charge in [-0.1, -0.05) is 26.0 Å². The summed E-state index contributed by atoms with van der Waals surface area (Å²) in [5.74, 6) is 2.09. The summed E-state index contributed by atoms with van der Waals surface area (Å²) >= 11 is 0. The third-order valence-electron chi connectivity index (χ3n) is 7.57. The van der Waals surface area contributed by atoms with Crippen molar-refractivity contribution in [2.75, 3.05) is 23.7 Å². The highest BCUT2D eigenvalue weighted by atomic mass is 19.4. The standard InChI is InChI=1S/C25H33F3N6O/c1-15-7-18-10-24(8-15,9-16(2)21(18)30)14-33-22-19(11-29)13-32-23(34-22)31-12-17-5-3-4-6-20(17)35-25(26,27)28/h3,5,13,15-16,18,21H,4,6-10,12,14,30H2,1-2H3,(H2,31,32,33,34)/t15?,16-,18?,21?,24?/m1/s1. The highest BCUT2D eigenvalue weighted by Gasteiger charge is 2.47. The van der Waals surface area contributed by atoms with E-state index in [0.29, 0.717) is 47.7 Å². The summed E-state index contributed by atoms with van der Waals surface area (Å²) < 4.78 is 42.4. The molecule has 1 aromatic heterocycles. The van der Waals surface area contributed by atoms with Crippen LogP contribution in [0.5, 0.6) is 0 Å². The number of aromatic nitrogens is 2. The van der Waals surface area contributed by atoms with E-state index in [1.165, 1.54) is 6.20 Å². The number of allylic oxidation sites excluding steroid dienone is 2. The van der Waals surface area contributed by atoms with Gasteiger partial charge in [0.15, 0.2) is 0 Å². The minimum atomic E-state index is -4.73. The quantitative estimate of drug-likeness (QED) is 0.488. The Kier molecular flexibility index (Phi) is 7.27. The van der Waals surface area contributed by atoms with Crippen LogP contribution in [0.1, 0.15) is 57.9 Å². The van der Waals surface area contributed by atoms with Gasteiger partial charge in [-0.3, -0.25) is 0 Å². The number of hydrogen-bond acceptors (Lipinski definition) is 7. The zero-order valence-electron chi connectivity index (χ0n) is 20.2. The van der Waals surface area contributed by atoms with Gasteiger partial charge >= 0.3 is 6.36 Å². The maximum absolute atomic E-state index is 12.7. The van der Waals surface area contributed by atoms with E-state index >= 15 is 0 Å². The Bertz CT molecular complexity index is 1030. The molecule has 0 spiro atoms. The molecule has 3 aliphatic carbocycles. The number of anilines is 2. The molecule has 1 aromatic rings. The molecular weight excluding hydrogens is 457 g/mol. The van der Waals surface area contributed by atoms with Crippen molar-refractivity contribution >= 4 is 11.8 Å². The van der Waals surface area contributed by atoms with Crippen LogP contribution in [0.15, 0.2) is 29.7 Å². The van der Waals surface area contributed by atoms with Crippen LogP contribution in [0.3, 0.4) is 0 Å². The average Bonchev–Trinajstić information content (AvgIpc) is 2.79. The predicted molar refractivity (Wildman–Crippen MR) is 127 cm³/mol. The topological polar surface area (TPSA) is 109 Å². The van der Waals surface area contributed by atoms with Crippen LogP contribution in [0, 0.1) is 34.5 Å². The largest absolute Gasteiger partial charge is 0.572 e. The molecule has 0 aliphatic heterocycles. The highest BCUT2D eigenvalue weighted by Crippen LogP contribution is 2.52. The summed E-state index contributed by atoms with van der Waals surface area (Å²) in [5.41, 5.74) is 7.31. The summed E-state index contributed by atoms with van der Waals surface area (Å²) in [7, 11) is 0. The van der Waals surface area contributed by atoms with Crippen LogP contribution >= 0.6 is 0 Å². The number of nitrogens with one attached hydrogen (secondary N) is 2. The third kappa shape index (κ3) is 6.07. The molecule has 2 bridgehead atoms. The van der Waals surface area contributed by atoms with Crippen LogP contribution in [-0.4, -0.2) is 35.5 Å². The molecule has 0 saturated heterocycles. The molecular formula is C25H33F3N6O. The van der Waals surface area contributed by atoms with Gasteiger partial charge in [-0.05, 0) is 55.3 Å². The van der Waals surface area contributed by atoms with Crippen LogP contribution in [-0.2, 0) is 4.74 Å². The van der Waals surface area contributed by atoms with Gasteiger partial charge in [0.05, 0.1) is 6.20 Å². The molecule has 5 atom stereocenters. The van der Waals surface area contributed by atoms with Gasteiger partial charge in [-0.25, -0.2) is 4.98 Å². The van der Waals surface area contributed by atoms with E-state index in [1.807, 2.05) is 6.08 Å². The summed E-state index contributed by atoms with van der Waals surface area (Å²) in [5, 5.41) is 15.9. The molecule has 4 unspecified atom stereocenters. The molecule has 35 heavy (non-hydrogen) atoms. The van der Waals surface area contributed by atoms with Gasteiger partial charge in [0.25, 0.3) is 0 Å². The second-order valence-corrected chi connectivity index (χ2v) is 10.5. The molecule has 10 heteroatoms. The van der Waals surface area contributed by atoms with Gasteiger partial charge in [-0.15, -0.1) is 13.2 Å². The first-order valence-corrected chi connectivity index (χ1v) is 12.2. The second-order valence-electron chi connectivity index (χ2n) is 10.5. The van der Waals surface area contributed by atoms with Crippen LogP contribution in [0.2, 0.25) is 0 Å². The minimum Gasteiger partial charge on any atom is -0.410 e. The van der Waals surface area contributed by atoms with E-state index < -0.39 is 6.36 Å². The fourth-order valence-electron chi connectivity index (χ4n) is 6.26. The monoisotopic (exact) mass is 490 g/mol. The molecule has 0 radical (unpaired) electrons. The van der Waals surface area contributed by atoms with Crippen molar-refractivity contribution < 1.29 is 17.9 Å². The number of rotatable bonds is 7. The van der Waals surface area contributed by atoms with Gasteiger partial charge < -0.3 is 21.1 Å². The molecule has 4 N–H and O–H groups in total. The van der Waals surface area contributed by atoms with Crippen molar-refractivity contribution in [2.45, 2.75) is 64.8 Å². The van der Waals surface area contributed by atoms with Gasteiger partial charge in [0.2, 0.25) is 5.95 Å². The fourth-order valence-corrected chi connectivity index (χ4v) is 6.26. The SMILES string of the molecule is CC1CC2CC(CNc3nc(NCC4=C(OC(F)(F)F)CCC=C4)ncc3C#N)(C1)C[C@@H](C)C2N. The van der Waals surface area contributed by atoms with Crippen molar-refractivity contribution in [2.24, 2.45) is 28.9 Å². The number of fused-ring (bicyclic) bond motifs is 2. The Morgan fingerprint density at radius 3 is 2.80 bits per heavy atom. The number of nitrogens with two attached hydrogens (primary N) is 1. The van der Waals surface area contributed by atoms with Crippen LogP contribution < -0.4 is 16.4 Å². The smallest absolute Gasteiger partial charge is 0.410 e. The summed E-state index contributed by atoms with van der Waals surface area (Å²) in [6.45, 7) is 5.27. The Balaban J connectivity index is 1.47. The van der Waals surface area contributed by atoms with Crippen LogP contribution in [0.4, 0.5) is 24.9 Å². The maximum Gasteiger partial charge on any atom is 0.572 e. The molecule has 0 amide bonds. The fraction of sp³-hybridized carbons (Fsp3) is 0.640. The normalized spacial score (nSPS) is 30.5. The Morgan fingerprint density at radius 2 is 2.06 bits per heavy atom. The molecule has 190 valence electrons. The lowest BCUT2D eigenvalue weighted by atomic mass is 9.55. The number of ether oxygens (including phenoxy) is 1. The number of nitrogens with zero attached hydrogens (tertiary/aromatic N) is 3. The van der Waals surface area contributed by atoms with E-state index in [9.17, 15) is 18.4 Å². The van der Waals surface area contributed by atoms with Gasteiger partial charge in [0, 0.05) is 31.1 Å². The third-order valence-corrected chi connectivity index (χ3v) is 7.57. The van der Waals surface area contributed by atoms with E-state index in [0.717, 1.165) is 25.7 Å². The molecule has 2 fully saturated rings. The van der Waals surface area contributed by atoms with Crippen molar-refractivity contribution in [1.29, 1.82) is 5.26 Å². The first-order chi connectivity index (χ1) is 16.6. The Labute approximate surface area is 204 Å². The molecule has 7 nitrogen and oxygen atoms in total. The van der Waals surface area contributed by atoms with Gasteiger partial charge in [0.1, 0.15) is 23.2 Å². The second kappa shape index (κ2) is 10.1. The zero-order valence-corrected chi connectivity index (χ0v) is 20.2. The molecule has 3 aliphatic rings. The van der Waals surface area contributed by atoms with Gasteiger partial charge in [-0.2, -0.15) is 10.2 Å². The molecule has 2 saturated carbocycles. The average molecular weight is 491 g/mol. The van der Waals surface area contributed by atoms with Crippen molar-refractivity contribution in [3.8, 4) is 6.07 Å². The summed E-state index contributed by atoms with van der Waals surface area (Å²) in [4.78, 5) is 8.65. The first kappa shape index (κ1) is 25.3. The first-order valence-electron chi connectivity index (χ1n) is 12.2. The van der Waals surface area contributed by atoms with E-state index in [4.69, 9.17) is 5.73 Å². The maximum atomic E-state index is 12.7. The lowest BCUT2D eigenvalue weighted by Gasteiger charge is -2.52. The van der Waals surface area contributed by atoms with E-state index in [1.54, 1.807) is 6.08 Å². The molecule has 0 aromatic carbocycles. The lowest BCUT2D eigenvalue weighted by molar-refractivity contribution is -0.306. The molecule has 4 rings (SSSR count). The van der Waals surface area contributed by atoms with E-state index in [-0.39, 0.29) is 36.1 Å². The number of hydrogen-bond donors (Lipinski definition) is 3. The van der Waals surface area contributed by atoms with Crippen LogP contribution in [0.25, 0.3) is 0 Å². The zero-order chi connectivity index (χ0) is 25.2. The Morgan fingerprint density at radius 1 is 1.26 bits per heavy atom. The minimum absolute atomic E-state index is 0.0752. The lowest BCUT2D eigenvalue weighted by Crippen LogP contribution is -2.52. The van der Waals surface area contributed by atoms with Crippen molar-refractivity contribution in [1.82, 2.24) is 9.97 Å². The summed E-state index contributed by atoms with van der Waals surface area (Å²) in [6, 6.07) is 2.35. The van der Waals surface area contributed by atoms with Crippen molar-refractivity contribution in [3.63, 3.8) is 0 Å². The number of halogens is 3. The predicted octanol–water partition coefficient (Wildman–Crippen LogP) is 5.10. The summed E-state index contributed by atoms with van der Waals surface area (Å²) in [6.07, 6.45) is 5.15. The molecule has 1 heterocycles. The van der Waals surface area contributed by atoms with E-state index in [2.05, 4.69) is 45.3 Å². The Hall–Kier alpha value is -2.80. The number of alkyl halides is 3. The highest BCUT2D eigenvalue weighted by molar-refractivity contribution is 5.54.